The third kappa shape index (κ3) is 4.28. The van der Waals surface area contributed by atoms with E-state index in [0.717, 1.165) is 5.56 Å². The van der Waals surface area contributed by atoms with Crippen molar-refractivity contribution < 1.29 is 18.4 Å². The van der Waals surface area contributed by atoms with E-state index in [-0.39, 0.29) is 17.4 Å². The minimum absolute atomic E-state index is 0.146. The fourth-order valence-electron chi connectivity index (χ4n) is 2.11. The molecule has 0 aliphatic carbocycles. The molecule has 2 aromatic heterocycles. The van der Waals surface area contributed by atoms with Gasteiger partial charge in [-0.2, -0.15) is 5.10 Å². The van der Waals surface area contributed by atoms with Crippen LogP contribution in [-0.4, -0.2) is 17.5 Å². The second kappa shape index (κ2) is 7.83. The van der Waals surface area contributed by atoms with Crippen LogP contribution in [0.25, 0.3) is 0 Å². The van der Waals surface area contributed by atoms with Crippen molar-refractivity contribution in [3.8, 4) is 0 Å². The zero-order chi connectivity index (χ0) is 18.5. The van der Waals surface area contributed by atoms with Crippen LogP contribution in [0.4, 0.5) is 5.69 Å². The van der Waals surface area contributed by atoms with Crippen LogP contribution < -0.4 is 10.7 Å². The number of anilines is 1. The normalized spacial score (nSPS) is 11.2. The summed E-state index contributed by atoms with van der Waals surface area (Å²) in [7, 11) is 0. The Hall–Kier alpha value is -3.13. The maximum Gasteiger partial charge on any atom is 0.307 e. The van der Waals surface area contributed by atoms with Gasteiger partial charge in [-0.25, -0.2) is 5.43 Å². The summed E-state index contributed by atoms with van der Waals surface area (Å²) in [6.07, 6.45) is 1.43. The number of rotatable bonds is 5. The molecule has 3 aromatic rings. The van der Waals surface area contributed by atoms with Gasteiger partial charge in [0.1, 0.15) is 0 Å². The molecule has 0 aliphatic rings. The molecule has 7 nitrogen and oxygen atoms in total. The highest BCUT2D eigenvalue weighted by molar-refractivity contribution is 9.10. The molecule has 0 saturated heterocycles. The predicted octanol–water partition coefficient (Wildman–Crippen LogP) is 4.04. The SMILES string of the molecule is C/C(=N\NC(=O)c1ccc(Br)o1)c1cccc(NC(=O)c2ccco2)c1. The molecule has 0 aliphatic heterocycles. The highest BCUT2D eigenvalue weighted by Gasteiger charge is 2.11. The number of hydrazone groups is 1. The van der Waals surface area contributed by atoms with Crippen molar-refractivity contribution in [2.24, 2.45) is 5.10 Å². The van der Waals surface area contributed by atoms with Crippen molar-refractivity contribution in [1.29, 1.82) is 0 Å². The first kappa shape index (κ1) is 17.7. The number of hydrogen-bond donors (Lipinski definition) is 2. The molecule has 8 heteroatoms. The lowest BCUT2D eigenvalue weighted by Crippen LogP contribution is -2.18. The molecule has 2 N–H and O–H groups in total. The Bertz CT molecular complexity index is 960. The predicted molar refractivity (Wildman–Crippen MR) is 99.2 cm³/mol. The first-order valence-corrected chi connectivity index (χ1v) is 8.37. The second-order valence-electron chi connectivity index (χ2n) is 5.25. The number of benzene rings is 1. The van der Waals surface area contributed by atoms with Crippen LogP contribution in [0.3, 0.4) is 0 Å². The van der Waals surface area contributed by atoms with Gasteiger partial charge in [-0.05, 0) is 64.8 Å². The summed E-state index contributed by atoms with van der Waals surface area (Å²) < 4.78 is 10.7. The minimum Gasteiger partial charge on any atom is -0.459 e. The third-order valence-corrected chi connectivity index (χ3v) is 3.83. The van der Waals surface area contributed by atoms with E-state index in [0.29, 0.717) is 16.1 Å². The summed E-state index contributed by atoms with van der Waals surface area (Å²) in [5.41, 5.74) is 4.32. The van der Waals surface area contributed by atoms with Crippen molar-refractivity contribution in [3.05, 3.63) is 76.5 Å². The number of carbonyl (C=O) groups is 2. The summed E-state index contributed by atoms with van der Waals surface area (Å²) in [4.78, 5) is 24.0. The van der Waals surface area contributed by atoms with Gasteiger partial charge in [0.15, 0.2) is 16.2 Å². The van der Waals surface area contributed by atoms with Crippen molar-refractivity contribution in [3.63, 3.8) is 0 Å². The van der Waals surface area contributed by atoms with E-state index in [1.54, 1.807) is 43.3 Å². The molecule has 2 amide bonds. The van der Waals surface area contributed by atoms with Gasteiger partial charge in [-0.3, -0.25) is 9.59 Å². The van der Waals surface area contributed by atoms with Crippen LogP contribution in [0.1, 0.15) is 33.6 Å². The number of nitrogens with zero attached hydrogens (tertiary/aromatic N) is 1. The fourth-order valence-corrected chi connectivity index (χ4v) is 2.42. The van der Waals surface area contributed by atoms with Crippen LogP contribution in [0.15, 0.2) is 73.4 Å². The van der Waals surface area contributed by atoms with Crippen molar-refractivity contribution >= 4 is 39.1 Å². The summed E-state index contributed by atoms with van der Waals surface area (Å²) in [5.74, 6) is -0.443. The Kier molecular flexibility index (Phi) is 5.33. The van der Waals surface area contributed by atoms with Crippen molar-refractivity contribution in [2.45, 2.75) is 6.92 Å². The first-order chi connectivity index (χ1) is 12.5. The Labute approximate surface area is 157 Å². The molecule has 132 valence electrons. The second-order valence-corrected chi connectivity index (χ2v) is 6.04. The van der Waals surface area contributed by atoms with Crippen LogP contribution in [0, 0.1) is 0 Å². The van der Waals surface area contributed by atoms with Gasteiger partial charge in [0.25, 0.3) is 5.91 Å². The van der Waals surface area contributed by atoms with Crippen molar-refractivity contribution in [2.75, 3.05) is 5.32 Å². The maximum atomic E-state index is 12.0. The zero-order valence-corrected chi connectivity index (χ0v) is 15.2. The van der Waals surface area contributed by atoms with Gasteiger partial charge in [-0.1, -0.05) is 12.1 Å². The standard InChI is InChI=1S/C18H14BrN3O4/c1-11(21-22-18(24)15-7-8-16(19)26-15)12-4-2-5-13(10-12)20-17(23)14-6-3-9-25-14/h2-10H,1H3,(H,20,23)(H,22,24)/b21-11+. The van der Waals surface area contributed by atoms with Gasteiger partial charge < -0.3 is 14.2 Å². The van der Waals surface area contributed by atoms with E-state index in [2.05, 4.69) is 31.8 Å². The number of hydrogen-bond acceptors (Lipinski definition) is 5. The largest absolute Gasteiger partial charge is 0.459 e. The van der Waals surface area contributed by atoms with Crippen LogP contribution >= 0.6 is 15.9 Å². The van der Waals surface area contributed by atoms with Crippen molar-refractivity contribution in [1.82, 2.24) is 5.43 Å². The highest BCUT2D eigenvalue weighted by Crippen LogP contribution is 2.15. The van der Waals surface area contributed by atoms with Crippen LogP contribution in [-0.2, 0) is 0 Å². The summed E-state index contributed by atoms with van der Waals surface area (Å²) in [6.45, 7) is 1.74. The number of nitrogens with one attached hydrogen (secondary N) is 2. The van der Waals surface area contributed by atoms with Crippen LogP contribution in [0.2, 0.25) is 0 Å². The van der Waals surface area contributed by atoms with Gasteiger partial charge in [0.2, 0.25) is 0 Å². The molecule has 0 spiro atoms. The molecule has 0 fully saturated rings. The van der Waals surface area contributed by atoms with E-state index < -0.39 is 5.91 Å². The number of furan rings is 2. The van der Waals surface area contributed by atoms with E-state index in [1.807, 2.05) is 6.07 Å². The molecule has 0 unspecified atom stereocenters. The molecular formula is C18H14BrN3O4. The smallest absolute Gasteiger partial charge is 0.307 e. The average Bonchev–Trinajstić information content (AvgIpc) is 3.31. The highest BCUT2D eigenvalue weighted by atomic mass is 79.9. The molecule has 0 radical (unpaired) electrons. The van der Waals surface area contributed by atoms with E-state index in [9.17, 15) is 9.59 Å². The number of carbonyl (C=O) groups excluding carboxylic acids is 2. The fraction of sp³-hybridized carbons (Fsp3) is 0.0556. The molecule has 2 heterocycles. The Morgan fingerprint density at radius 3 is 2.58 bits per heavy atom. The average molecular weight is 416 g/mol. The van der Waals surface area contributed by atoms with E-state index >= 15 is 0 Å². The number of amides is 2. The van der Waals surface area contributed by atoms with Gasteiger partial charge in [0, 0.05) is 5.69 Å². The summed E-state index contributed by atoms with van der Waals surface area (Å²) >= 11 is 3.14. The minimum atomic E-state index is -0.461. The van der Waals surface area contributed by atoms with Gasteiger partial charge in [-0.15, -0.1) is 0 Å². The summed E-state index contributed by atoms with van der Waals surface area (Å²) in [6, 6.07) is 13.5. The van der Waals surface area contributed by atoms with Gasteiger partial charge in [0.05, 0.1) is 12.0 Å². The Morgan fingerprint density at radius 1 is 1.04 bits per heavy atom. The molecule has 1 aromatic carbocycles. The lowest BCUT2D eigenvalue weighted by molar-refractivity contribution is 0.0925. The lowest BCUT2D eigenvalue weighted by Gasteiger charge is -2.06. The molecule has 26 heavy (non-hydrogen) atoms. The van der Waals surface area contributed by atoms with E-state index in [1.165, 1.54) is 12.3 Å². The quantitative estimate of drug-likeness (QED) is 0.485. The van der Waals surface area contributed by atoms with Crippen LogP contribution in [0.5, 0.6) is 0 Å². The Morgan fingerprint density at radius 2 is 1.88 bits per heavy atom. The monoisotopic (exact) mass is 415 g/mol. The third-order valence-electron chi connectivity index (χ3n) is 3.41. The summed E-state index contributed by atoms with van der Waals surface area (Å²) in [5, 5.41) is 6.80. The van der Waals surface area contributed by atoms with Gasteiger partial charge >= 0.3 is 5.91 Å². The van der Waals surface area contributed by atoms with E-state index in [4.69, 9.17) is 8.83 Å². The number of halogens is 1. The zero-order valence-electron chi connectivity index (χ0n) is 13.7. The molecule has 0 bridgehead atoms. The molecule has 3 rings (SSSR count). The molecule has 0 atom stereocenters. The molecule has 0 saturated carbocycles. The topological polar surface area (TPSA) is 96.8 Å². The maximum absolute atomic E-state index is 12.0. The lowest BCUT2D eigenvalue weighted by atomic mass is 10.1. The Balaban J connectivity index is 1.68. The molecular weight excluding hydrogens is 402 g/mol. The first-order valence-electron chi connectivity index (χ1n) is 7.58.